The first kappa shape index (κ1) is 17.0. The highest BCUT2D eigenvalue weighted by atomic mass is 127. The molecule has 0 atom stereocenters. The summed E-state index contributed by atoms with van der Waals surface area (Å²) in [4.78, 5) is 14.9. The number of anilines is 1. The third-order valence-corrected chi connectivity index (χ3v) is 4.83. The van der Waals surface area contributed by atoms with Gasteiger partial charge in [-0.15, -0.1) is 0 Å². The molecule has 2 nitrogen and oxygen atoms in total. The fraction of sp³-hybridized carbons (Fsp3) is 0.0500. The van der Waals surface area contributed by atoms with Crippen molar-refractivity contribution in [1.82, 2.24) is 0 Å². The highest BCUT2D eigenvalue weighted by Gasteiger charge is 2.20. The van der Waals surface area contributed by atoms with E-state index in [-0.39, 0.29) is 5.91 Å². The van der Waals surface area contributed by atoms with Crippen molar-refractivity contribution in [3.05, 3.63) is 98.6 Å². The van der Waals surface area contributed by atoms with E-state index in [4.69, 9.17) is 11.6 Å². The molecule has 120 valence electrons. The van der Waals surface area contributed by atoms with Crippen LogP contribution in [0.2, 0.25) is 5.02 Å². The molecule has 0 fully saturated rings. The summed E-state index contributed by atoms with van der Waals surface area (Å²) >= 11 is 8.20. The van der Waals surface area contributed by atoms with Crippen LogP contribution in [-0.2, 0) is 6.54 Å². The van der Waals surface area contributed by atoms with Crippen LogP contribution >= 0.6 is 34.2 Å². The summed E-state index contributed by atoms with van der Waals surface area (Å²) in [5.74, 6) is -0.0420. The lowest BCUT2D eigenvalue weighted by atomic mass is 10.1. The Morgan fingerprint density at radius 1 is 0.875 bits per heavy atom. The first-order valence-electron chi connectivity index (χ1n) is 7.51. The molecule has 3 aromatic rings. The van der Waals surface area contributed by atoms with Crippen molar-refractivity contribution in [2.45, 2.75) is 6.54 Å². The van der Waals surface area contributed by atoms with Gasteiger partial charge in [-0.3, -0.25) is 4.79 Å². The molecule has 0 aliphatic heterocycles. The molecule has 0 aromatic heterocycles. The van der Waals surface area contributed by atoms with Crippen LogP contribution in [0.4, 0.5) is 5.69 Å². The van der Waals surface area contributed by atoms with Gasteiger partial charge in [0, 0.05) is 14.2 Å². The molecule has 0 saturated carbocycles. The van der Waals surface area contributed by atoms with E-state index in [0.29, 0.717) is 17.1 Å². The largest absolute Gasteiger partial charge is 0.303 e. The number of rotatable bonds is 4. The first-order chi connectivity index (χ1) is 11.6. The van der Waals surface area contributed by atoms with Gasteiger partial charge in [-0.25, -0.2) is 0 Å². The van der Waals surface area contributed by atoms with Gasteiger partial charge in [0.05, 0.1) is 12.2 Å². The smallest absolute Gasteiger partial charge is 0.258 e. The highest BCUT2D eigenvalue weighted by Crippen LogP contribution is 2.26. The highest BCUT2D eigenvalue weighted by molar-refractivity contribution is 14.1. The number of para-hydroxylation sites is 1. The van der Waals surface area contributed by atoms with Crippen molar-refractivity contribution in [2.24, 2.45) is 0 Å². The topological polar surface area (TPSA) is 20.3 Å². The van der Waals surface area contributed by atoms with Gasteiger partial charge in [0.2, 0.25) is 0 Å². The Kier molecular flexibility index (Phi) is 5.53. The second-order valence-corrected chi connectivity index (χ2v) is 6.93. The zero-order valence-electron chi connectivity index (χ0n) is 12.8. The Hall–Kier alpha value is -1.85. The fourth-order valence-corrected chi connectivity index (χ4v) is 3.26. The fourth-order valence-electron chi connectivity index (χ4n) is 2.45. The molecule has 0 unspecified atom stereocenters. The molecule has 0 aliphatic carbocycles. The summed E-state index contributed by atoms with van der Waals surface area (Å²) in [6.07, 6.45) is 0. The minimum Gasteiger partial charge on any atom is -0.303 e. The molecule has 0 saturated heterocycles. The molecule has 0 heterocycles. The molecule has 1 amide bonds. The molecule has 4 heteroatoms. The number of halogens is 2. The average Bonchev–Trinajstić information content (AvgIpc) is 2.61. The molecule has 0 N–H and O–H groups in total. The van der Waals surface area contributed by atoms with E-state index in [1.165, 1.54) is 0 Å². The summed E-state index contributed by atoms with van der Waals surface area (Å²) in [5.41, 5.74) is 2.61. The third kappa shape index (κ3) is 3.97. The van der Waals surface area contributed by atoms with Gasteiger partial charge >= 0.3 is 0 Å². The Balaban J connectivity index is 2.00. The minimum atomic E-state index is -0.0420. The summed E-state index contributed by atoms with van der Waals surface area (Å²) in [7, 11) is 0. The number of carbonyl (C=O) groups is 1. The Bertz CT molecular complexity index is 834. The van der Waals surface area contributed by atoms with Crippen LogP contribution in [0.3, 0.4) is 0 Å². The maximum absolute atomic E-state index is 13.1. The number of carbonyl (C=O) groups excluding carboxylic acids is 1. The van der Waals surface area contributed by atoms with Gasteiger partial charge in [-0.2, -0.15) is 0 Å². The van der Waals surface area contributed by atoms with Gasteiger partial charge in [0.25, 0.3) is 5.91 Å². The van der Waals surface area contributed by atoms with Crippen LogP contribution in [-0.4, -0.2) is 5.91 Å². The lowest BCUT2D eigenvalue weighted by molar-refractivity contribution is 0.0985. The monoisotopic (exact) mass is 447 g/mol. The Morgan fingerprint density at radius 3 is 2.17 bits per heavy atom. The quantitative estimate of drug-likeness (QED) is 0.464. The van der Waals surface area contributed by atoms with Crippen molar-refractivity contribution < 1.29 is 4.79 Å². The predicted octanol–water partition coefficient (Wildman–Crippen LogP) is 5.79. The number of hydrogen-bond donors (Lipinski definition) is 0. The van der Waals surface area contributed by atoms with E-state index in [9.17, 15) is 4.79 Å². The van der Waals surface area contributed by atoms with Crippen LogP contribution < -0.4 is 4.90 Å². The first-order valence-corrected chi connectivity index (χ1v) is 8.97. The van der Waals surface area contributed by atoms with E-state index < -0.39 is 0 Å². The lowest BCUT2D eigenvalue weighted by Crippen LogP contribution is -2.31. The van der Waals surface area contributed by atoms with Crippen LogP contribution in [0, 0.1) is 3.57 Å². The Morgan fingerprint density at radius 2 is 1.50 bits per heavy atom. The van der Waals surface area contributed by atoms with Crippen LogP contribution in [0.15, 0.2) is 78.9 Å². The van der Waals surface area contributed by atoms with E-state index in [1.54, 1.807) is 29.2 Å². The molecule has 0 aliphatic rings. The average molecular weight is 448 g/mol. The van der Waals surface area contributed by atoms with Gasteiger partial charge in [-0.1, -0.05) is 54.1 Å². The van der Waals surface area contributed by atoms with Crippen LogP contribution in [0.1, 0.15) is 15.9 Å². The van der Waals surface area contributed by atoms with Gasteiger partial charge < -0.3 is 4.90 Å². The molecular formula is C20H15ClINO. The molecule has 0 spiro atoms. The standard InChI is InChI=1S/C20H15ClINO/c21-17-12-10-16(11-13-17)20(24)23(14-15-6-2-1-3-7-15)19-9-5-4-8-18(19)22/h1-13H,14H2. The van der Waals surface area contributed by atoms with Gasteiger partial charge in [-0.05, 0) is 64.6 Å². The second-order valence-electron chi connectivity index (χ2n) is 5.34. The third-order valence-electron chi connectivity index (χ3n) is 3.66. The zero-order valence-corrected chi connectivity index (χ0v) is 15.7. The molecular weight excluding hydrogens is 433 g/mol. The maximum atomic E-state index is 13.1. The van der Waals surface area contributed by atoms with E-state index in [2.05, 4.69) is 22.6 Å². The summed E-state index contributed by atoms with van der Waals surface area (Å²) in [6.45, 7) is 0.516. The van der Waals surface area contributed by atoms with Gasteiger partial charge in [0.1, 0.15) is 0 Å². The molecule has 0 radical (unpaired) electrons. The second kappa shape index (κ2) is 7.81. The summed E-state index contributed by atoms with van der Waals surface area (Å²) in [5, 5.41) is 0.621. The van der Waals surface area contributed by atoms with Crippen molar-refractivity contribution >= 4 is 45.8 Å². The number of nitrogens with zero attached hydrogens (tertiary/aromatic N) is 1. The SMILES string of the molecule is O=C(c1ccc(Cl)cc1)N(Cc1ccccc1)c1ccccc1I. The van der Waals surface area contributed by atoms with Crippen LogP contribution in [0.25, 0.3) is 0 Å². The normalized spacial score (nSPS) is 10.4. The minimum absolute atomic E-state index is 0.0420. The summed E-state index contributed by atoms with van der Waals surface area (Å²) < 4.78 is 1.04. The predicted molar refractivity (Wildman–Crippen MR) is 108 cm³/mol. The van der Waals surface area contributed by atoms with E-state index in [1.807, 2.05) is 54.6 Å². The molecule has 0 bridgehead atoms. The Labute approximate surface area is 160 Å². The number of amides is 1. The van der Waals surface area contributed by atoms with Crippen molar-refractivity contribution in [3.63, 3.8) is 0 Å². The lowest BCUT2D eigenvalue weighted by Gasteiger charge is -2.24. The van der Waals surface area contributed by atoms with Crippen LogP contribution in [0.5, 0.6) is 0 Å². The molecule has 24 heavy (non-hydrogen) atoms. The maximum Gasteiger partial charge on any atom is 0.258 e. The summed E-state index contributed by atoms with van der Waals surface area (Å²) in [6, 6.07) is 24.9. The van der Waals surface area contributed by atoms with Crippen molar-refractivity contribution in [2.75, 3.05) is 4.90 Å². The number of hydrogen-bond acceptors (Lipinski definition) is 1. The van der Waals surface area contributed by atoms with E-state index in [0.717, 1.165) is 14.8 Å². The van der Waals surface area contributed by atoms with Gasteiger partial charge in [0.15, 0.2) is 0 Å². The zero-order chi connectivity index (χ0) is 16.9. The van der Waals surface area contributed by atoms with Crippen molar-refractivity contribution in [3.8, 4) is 0 Å². The van der Waals surface area contributed by atoms with Crippen molar-refractivity contribution in [1.29, 1.82) is 0 Å². The number of benzene rings is 3. The molecule has 3 rings (SSSR count). The molecule has 3 aromatic carbocycles. The van der Waals surface area contributed by atoms with E-state index >= 15 is 0 Å².